The van der Waals surface area contributed by atoms with Gasteiger partial charge >= 0.3 is 0 Å². The van der Waals surface area contributed by atoms with Gasteiger partial charge in [0.05, 0.1) is 11.6 Å². The lowest BCUT2D eigenvalue weighted by atomic mass is 10.0. The number of hydrogen-bond donors (Lipinski definition) is 4. The SMILES string of the molecule is CC(C)(C)[Si](C)(C)O[C@@H](CN)c1ccc(O)c2[nH]c(=O)ccc12.O=CO. The Morgan fingerprint density at radius 1 is 1.27 bits per heavy atom. The van der Waals surface area contributed by atoms with E-state index in [1.54, 1.807) is 12.1 Å². The first-order valence-electron chi connectivity index (χ1n) is 8.29. The molecule has 1 aromatic carbocycles. The summed E-state index contributed by atoms with van der Waals surface area (Å²) in [6, 6.07) is 6.55. The summed E-state index contributed by atoms with van der Waals surface area (Å²) < 4.78 is 6.46. The standard InChI is InChI=1S/C17H26N2O3Si.CH2O2/c1-17(2,3)23(4,5)22-14(10-18)11-6-8-13(20)16-12(11)7-9-15(21)19-16;2-1-3/h6-9,14,20H,10,18H2,1-5H3,(H,19,21);1H,(H,2,3)/t14-;/m0./s1. The van der Waals surface area contributed by atoms with Crippen LogP contribution < -0.4 is 11.3 Å². The minimum atomic E-state index is -2.00. The number of nitrogens with one attached hydrogen (secondary N) is 1. The molecule has 0 saturated carbocycles. The van der Waals surface area contributed by atoms with Crippen LogP contribution in [0, 0.1) is 0 Å². The number of aromatic hydroxyl groups is 1. The number of aromatic amines is 1. The van der Waals surface area contributed by atoms with Crippen molar-refractivity contribution in [3.8, 4) is 5.75 Å². The smallest absolute Gasteiger partial charge is 0.290 e. The van der Waals surface area contributed by atoms with Gasteiger partial charge in [-0.15, -0.1) is 0 Å². The van der Waals surface area contributed by atoms with E-state index >= 15 is 0 Å². The van der Waals surface area contributed by atoms with Gasteiger partial charge in [-0.2, -0.15) is 0 Å². The van der Waals surface area contributed by atoms with Crippen molar-refractivity contribution in [1.29, 1.82) is 0 Å². The molecule has 0 aliphatic heterocycles. The Hall–Kier alpha value is -2.16. The second-order valence-electron chi connectivity index (χ2n) is 7.49. The molecule has 0 aliphatic rings. The molecule has 0 fully saturated rings. The molecule has 0 spiro atoms. The maximum absolute atomic E-state index is 11.5. The minimum absolute atomic E-state index is 0.0459. The molecule has 8 heteroatoms. The number of nitrogens with two attached hydrogens (primary N) is 1. The molecule has 2 rings (SSSR count). The number of hydrogen-bond acceptors (Lipinski definition) is 5. The Morgan fingerprint density at radius 3 is 2.35 bits per heavy atom. The summed E-state index contributed by atoms with van der Waals surface area (Å²) in [6.07, 6.45) is -0.273. The van der Waals surface area contributed by atoms with Crippen LogP contribution in [0.25, 0.3) is 10.9 Å². The molecule has 0 bridgehead atoms. The minimum Gasteiger partial charge on any atom is -0.506 e. The molecule has 26 heavy (non-hydrogen) atoms. The van der Waals surface area contributed by atoms with E-state index in [2.05, 4.69) is 38.8 Å². The van der Waals surface area contributed by atoms with Gasteiger partial charge in [0, 0.05) is 18.0 Å². The van der Waals surface area contributed by atoms with Crippen LogP contribution >= 0.6 is 0 Å². The van der Waals surface area contributed by atoms with Crippen molar-refractivity contribution in [2.45, 2.75) is 45.0 Å². The highest BCUT2D eigenvalue weighted by Crippen LogP contribution is 2.40. The van der Waals surface area contributed by atoms with Crippen molar-refractivity contribution in [1.82, 2.24) is 4.98 Å². The molecule has 0 amide bonds. The Bertz CT molecular complexity index is 811. The van der Waals surface area contributed by atoms with Gasteiger partial charge in [0.25, 0.3) is 6.47 Å². The number of pyridine rings is 1. The van der Waals surface area contributed by atoms with Crippen LogP contribution in [0.4, 0.5) is 0 Å². The molecule has 0 saturated heterocycles. The first-order valence-corrected chi connectivity index (χ1v) is 11.2. The number of carbonyl (C=O) groups is 1. The second kappa shape index (κ2) is 8.48. The number of H-pyrrole nitrogens is 1. The summed E-state index contributed by atoms with van der Waals surface area (Å²) in [5.74, 6) is 0.0459. The van der Waals surface area contributed by atoms with Crippen LogP contribution in [0.1, 0.15) is 32.4 Å². The third-order valence-electron chi connectivity index (χ3n) is 4.71. The molecule has 7 nitrogen and oxygen atoms in total. The second-order valence-corrected chi connectivity index (χ2v) is 12.2. The molecule has 1 aromatic heterocycles. The van der Waals surface area contributed by atoms with E-state index in [0.717, 1.165) is 10.9 Å². The van der Waals surface area contributed by atoms with Crippen molar-refractivity contribution < 1.29 is 19.4 Å². The monoisotopic (exact) mass is 380 g/mol. The summed E-state index contributed by atoms with van der Waals surface area (Å²) >= 11 is 0. The number of benzene rings is 1. The largest absolute Gasteiger partial charge is 0.506 e. The average molecular weight is 381 g/mol. The van der Waals surface area contributed by atoms with Crippen molar-refractivity contribution in [2.24, 2.45) is 5.73 Å². The van der Waals surface area contributed by atoms with Crippen molar-refractivity contribution in [3.63, 3.8) is 0 Å². The summed E-state index contributed by atoms with van der Waals surface area (Å²) in [4.78, 5) is 22.6. The van der Waals surface area contributed by atoms with E-state index in [-0.39, 0.29) is 28.9 Å². The Morgan fingerprint density at radius 2 is 1.85 bits per heavy atom. The zero-order chi connectivity index (χ0) is 20.1. The zero-order valence-corrected chi connectivity index (χ0v) is 16.9. The predicted octanol–water partition coefficient (Wildman–Crippen LogP) is 2.96. The first-order chi connectivity index (χ1) is 12.0. The third-order valence-corrected chi connectivity index (χ3v) is 9.20. The molecule has 1 heterocycles. The summed E-state index contributed by atoms with van der Waals surface area (Å²) in [7, 11) is -2.00. The maximum atomic E-state index is 11.5. The molecule has 1 atom stereocenters. The van der Waals surface area contributed by atoms with E-state index in [1.807, 2.05) is 6.07 Å². The highest BCUT2D eigenvalue weighted by Gasteiger charge is 2.39. The molecule has 2 aromatic rings. The molecular formula is C18H28N2O5Si. The van der Waals surface area contributed by atoms with E-state index in [4.69, 9.17) is 20.1 Å². The lowest BCUT2D eigenvalue weighted by molar-refractivity contribution is -0.122. The summed E-state index contributed by atoms with van der Waals surface area (Å²) in [5, 5.41) is 17.7. The maximum Gasteiger partial charge on any atom is 0.290 e. The molecular weight excluding hydrogens is 352 g/mol. The van der Waals surface area contributed by atoms with E-state index in [9.17, 15) is 9.90 Å². The van der Waals surface area contributed by atoms with Gasteiger partial charge in [-0.3, -0.25) is 9.59 Å². The average Bonchev–Trinajstić information content (AvgIpc) is 2.53. The van der Waals surface area contributed by atoms with Crippen molar-refractivity contribution >= 4 is 25.7 Å². The molecule has 0 radical (unpaired) electrons. The Labute approximate surface area is 153 Å². The van der Waals surface area contributed by atoms with Crippen LogP contribution in [0.2, 0.25) is 18.1 Å². The number of carboxylic acid groups (broad SMARTS) is 1. The number of phenols is 1. The van der Waals surface area contributed by atoms with E-state index < -0.39 is 8.32 Å². The van der Waals surface area contributed by atoms with Gasteiger partial charge in [-0.1, -0.05) is 26.8 Å². The fourth-order valence-corrected chi connectivity index (χ4v) is 3.60. The van der Waals surface area contributed by atoms with Gasteiger partial charge in [0.1, 0.15) is 5.75 Å². The highest BCUT2D eigenvalue weighted by molar-refractivity contribution is 6.74. The fourth-order valence-electron chi connectivity index (χ4n) is 2.31. The van der Waals surface area contributed by atoms with Gasteiger partial charge in [0.15, 0.2) is 8.32 Å². The zero-order valence-electron chi connectivity index (χ0n) is 15.9. The van der Waals surface area contributed by atoms with Gasteiger partial charge in [-0.25, -0.2) is 0 Å². The Kier molecular flexibility index (Phi) is 7.14. The number of aromatic nitrogens is 1. The molecule has 0 aliphatic carbocycles. The first kappa shape index (κ1) is 21.9. The highest BCUT2D eigenvalue weighted by atomic mass is 28.4. The molecule has 144 valence electrons. The van der Waals surface area contributed by atoms with Crippen molar-refractivity contribution in [2.75, 3.05) is 6.54 Å². The van der Waals surface area contributed by atoms with Crippen LogP contribution in [0.3, 0.4) is 0 Å². The predicted molar refractivity (Wildman–Crippen MR) is 105 cm³/mol. The van der Waals surface area contributed by atoms with E-state index in [1.165, 1.54) is 6.07 Å². The molecule has 5 N–H and O–H groups in total. The fraction of sp³-hybridized carbons (Fsp3) is 0.444. The van der Waals surface area contributed by atoms with Crippen LogP contribution in [-0.2, 0) is 9.22 Å². The van der Waals surface area contributed by atoms with Gasteiger partial charge in [-0.05, 0) is 35.8 Å². The summed E-state index contributed by atoms with van der Waals surface area (Å²) in [5.41, 5.74) is 7.04. The van der Waals surface area contributed by atoms with Crippen LogP contribution in [0.15, 0.2) is 29.1 Å². The number of fused-ring (bicyclic) bond motifs is 1. The lowest BCUT2D eigenvalue weighted by Gasteiger charge is -2.39. The summed E-state index contributed by atoms with van der Waals surface area (Å²) in [6.45, 7) is 11.0. The Balaban J connectivity index is 0.00000105. The van der Waals surface area contributed by atoms with E-state index in [0.29, 0.717) is 12.1 Å². The van der Waals surface area contributed by atoms with Gasteiger partial charge in [0.2, 0.25) is 5.56 Å². The van der Waals surface area contributed by atoms with Gasteiger partial charge < -0.3 is 25.4 Å². The third kappa shape index (κ3) is 4.93. The topological polar surface area (TPSA) is 126 Å². The molecule has 0 unspecified atom stereocenters. The normalized spacial score (nSPS) is 13.0. The van der Waals surface area contributed by atoms with Crippen molar-refractivity contribution in [3.05, 3.63) is 40.2 Å². The lowest BCUT2D eigenvalue weighted by Crippen LogP contribution is -2.43. The van der Waals surface area contributed by atoms with Crippen LogP contribution in [0.5, 0.6) is 5.75 Å². The number of phenolic OH excluding ortho intramolecular Hbond substituents is 1. The van der Waals surface area contributed by atoms with Crippen LogP contribution in [-0.4, -0.2) is 36.5 Å². The number of rotatable bonds is 4. The quantitative estimate of drug-likeness (QED) is 0.477.